The molecule has 2 aromatic carbocycles. The summed E-state index contributed by atoms with van der Waals surface area (Å²) < 4.78 is 23.7. The molecule has 10 heteroatoms. The van der Waals surface area contributed by atoms with Crippen LogP contribution in [0.3, 0.4) is 0 Å². The summed E-state index contributed by atoms with van der Waals surface area (Å²) >= 11 is 6.63. The van der Waals surface area contributed by atoms with Crippen LogP contribution in [0.5, 0.6) is 11.6 Å². The van der Waals surface area contributed by atoms with Gasteiger partial charge in [0.1, 0.15) is 29.3 Å². The number of anilines is 1. The maximum atomic E-state index is 17.0. The van der Waals surface area contributed by atoms with Crippen LogP contribution in [-0.4, -0.2) is 70.2 Å². The molecule has 2 aromatic heterocycles. The fourth-order valence-electron chi connectivity index (χ4n) is 9.41. The van der Waals surface area contributed by atoms with Crippen LogP contribution in [0.25, 0.3) is 32.9 Å². The molecule has 2 bridgehead atoms. The van der Waals surface area contributed by atoms with Crippen LogP contribution in [0.4, 0.5) is 10.1 Å². The highest BCUT2D eigenvalue weighted by molar-refractivity contribution is 6.36. The quantitative estimate of drug-likeness (QED) is 0.280. The summed E-state index contributed by atoms with van der Waals surface area (Å²) in [4.78, 5) is 27.8. The maximum absolute atomic E-state index is 17.0. The summed E-state index contributed by atoms with van der Waals surface area (Å²) in [7, 11) is 1.80. The summed E-state index contributed by atoms with van der Waals surface area (Å²) in [6.07, 6.45) is 8.85. The zero-order valence-electron chi connectivity index (χ0n) is 25.2. The number of nitrogens with zero attached hydrogens (tertiary/aromatic N) is 4. The number of pyridine rings is 2. The van der Waals surface area contributed by atoms with Gasteiger partial charge in [-0.1, -0.05) is 23.7 Å². The standard InChI is InChI=1S/C35H35ClFN5O3/c1-41-32-27(21-14-19-7-8-25(39-19)28(21)34(41)44)23-16-38-30(22-15-20(43)13-18-5-2-6-24(36)26(18)22)29(37)31(23)40-33(32)45-17-35-9-3-11-42(35)12-4-10-35/h2,5-6,13,15-16,19,21,25,28,39,43H,3-4,7-12,14,17H2,1H3. The van der Waals surface area contributed by atoms with Gasteiger partial charge in [-0.05, 0) is 87.2 Å². The largest absolute Gasteiger partial charge is 0.508 e. The normalized spacial score (nSPS) is 26.8. The van der Waals surface area contributed by atoms with Gasteiger partial charge in [0.2, 0.25) is 11.8 Å². The van der Waals surface area contributed by atoms with E-state index < -0.39 is 5.82 Å². The molecule has 5 aliphatic rings. The van der Waals surface area contributed by atoms with Crippen molar-refractivity contribution < 1.29 is 19.0 Å². The Morgan fingerprint density at radius 1 is 1.20 bits per heavy atom. The predicted octanol–water partition coefficient (Wildman–Crippen LogP) is 6.16. The molecule has 5 aliphatic heterocycles. The number of phenols is 1. The van der Waals surface area contributed by atoms with Crippen LogP contribution in [0.1, 0.15) is 56.4 Å². The van der Waals surface area contributed by atoms with E-state index in [1.807, 2.05) is 6.07 Å². The number of ether oxygens (including phenoxy) is 1. The Hall–Kier alpha value is -3.53. The first-order valence-electron chi connectivity index (χ1n) is 16.2. The molecule has 9 rings (SSSR count). The van der Waals surface area contributed by atoms with Gasteiger partial charge in [0.25, 0.3) is 0 Å². The lowest BCUT2D eigenvalue weighted by atomic mass is 9.72. The van der Waals surface area contributed by atoms with Gasteiger partial charge in [0.05, 0.1) is 11.5 Å². The zero-order valence-corrected chi connectivity index (χ0v) is 25.9. The summed E-state index contributed by atoms with van der Waals surface area (Å²) in [5.41, 5.74) is 2.13. The van der Waals surface area contributed by atoms with Crippen molar-refractivity contribution in [3.05, 3.63) is 52.9 Å². The number of hydrogen-bond acceptors (Lipinski definition) is 7. The molecule has 1 amide bonds. The van der Waals surface area contributed by atoms with Crippen molar-refractivity contribution in [3.8, 4) is 22.9 Å². The van der Waals surface area contributed by atoms with Crippen molar-refractivity contribution in [1.82, 2.24) is 20.2 Å². The number of piperidine rings is 1. The van der Waals surface area contributed by atoms with E-state index in [0.29, 0.717) is 51.0 Å². The average molecular weight is 628 g/mol. The summed E-state index contributed by atoms with van der Waals surface area (Å²) in [6.45, 7) is 2.58. The number of carbonyl (C=O) groups is 1. The minimum atomic E-state index is -0.596. The van der Waals surface area contributed by atoms with Gasteiger partial charge in [-0.2, -0.15) is 0 Å². The second-order valence-electron chi connectivity index (χ2n) is 13.7. The van der Waals surface area contributed by atoms with Gasteiger partial charge >= 0.3 is 0 Å². The third-order valence-corrected chi connectivity index (χ3v) is 11.7. The number of rotatable bonds is 4. The zero-order chi connectivity index (χ0) is 30.6. The van der Waals surface area contributed by atoms with Crippen LogP contribution >= 0.6 is 11.6 Å². The molecule has 8 nitrogen and oxygen atoms in total. The van der Waals surface area contributed by atoms with Gasteiger partial charge in [0.15, 0.2) is 5.82 Å². The molecular weight excluding hydrogens is 593 g/mol. The highest BCUT2D eigenvalue weighted by Crippen LogP contribution is 2.54. The molecule has 4 fully saturated rings. The number of hydrogen-bond donors (Lipinski definition) is 2. The molecule has 0 radical (unpaired) electrons. The number of aromatic hydroxyl groups is 1. The fourth-order valence-corrected chi connectivity index (χ4v) is 9.70. The number of fused-ring (bicyclic) bond motifs is 10. The molecule has 0 spiro atoms. The lowest BCUT2D eigenvalue weighted by Gasteiger charge is -2.44. The van der Waals surface area contributed by atoms with E-state index in [0.717, 1.165) is 63.6 Å². The number of benzene rings is 2. The number of nitrogens with one attached hydrogen (secondary N) is 1. The number of phenolic OH excluding ortho intramolecular Hbond substituents is 1. The van der Waals surface area contributed by atoms with Crippen molar-refractivity contribution in [2.75, 3.05) is 31.6 Å². The van der Waals surface area contributed by atoms with Crippen molar-refractivity contribution in [2.45, 2.75) is 68.5 Å². The van der Waals surface area contributed by atoms with Gasteiger partial charge in [-0.25, -0.2) is 9.37 Å². The Morgan fingerprint density at radius 3 is 2.84 bits per heavy atom. The lowest BCUT2D eigenvalue weighted by molar-refractivity contribution is -0.124. The predicted molar refractivity (Wildman–Crippen MR) is 172 cm³/mol. The average Bonchev–Trinajstić information content (AvgIpc) is 3.72. The molecule has 7 heterocycles. The second kappa shape index (κ2) is 9.98. The van der Waals surface area contributed by atoms with E-state index in [4.69, 9.17) is 21.3 Å². The van der Waals surface area contributed by atoms with Crippen LogP contribution in [0, 0.1) is 11.7 Å². The lowest BCUT2D eigenvalue weighted by Crippen LogP contribution is -2.54. The Bertz CT molecular complexity index is 1910. The smallest absolute Gasteiger partial charge is 0.239 e. The van der Waals surface area contributed by atoms with Gasteiger partial charge in [0, 0.05) is 52.6 Å². The summed E-state index contributed by atoms with van der Waals surface area (Å²) in [5.74, 6) is -0.569. The Labute approximate surface area is 265 Å². The fraction of sp³-hybridized carbons (Fsp3) is 0.457. The van der Waals surface area contributed by atoms with Crippen molar-refractivity contribution in [1.29, 1.82) is 0 Å². The monoisotopic (exact) mass is 627 g/mol. The molecule has 4 saturated heterocycles. The molecule has 232 valence electrons. The third-order valence-electron chi connectivity index (χ3n) is 11.4. The molecular formula is C35H35ClFN5O3. The van der Waals surface area contributed by atoms with Crippen LogP contribution < -0.4 is 15.0 Å². The first kappa shape index (κ1) is 27.8. The maximum Gasteiger partial charge on any atom is 0.239 e. The molecule has 2 N–H and O–H groups in total. The van der Waals surface area contributed by atoms with E-state index in [1.165, 1.54) is 6.07 Å². The highest BCUT2D eigenvalue weighted by atomic mass is 35.5. The van der Waals surface area contributed by atoms with E-state index in [-0.39, 0.29) is 46.3 Å². The van der Waals surface area contributed by atoms with Crippen molar-refractivity contribution in [3.63, 3.8) is 0 Å². The summed E-state index contributed by atoms with van der Waals surface area (Å²) in [6, 6.07) is 8.89. The highest BCUT2D eigenvalue weighted by Gasteiger charge is 2.52. The minimum absolute atomic E-state index is 0.00594. The molecule has 0 aliphatic carbocycles. The molecule has 4 aromatic rings. The first-order valence-corrected chi connectivity index (χ1v) is 16.6. The first-order chi connectivity index (χ1) is 21.8. The molecule has 0 saturated carbocycles. The van der Waals surface area contributed by atoms with Gasteiger partial charge < -0.3 is 20.1 Å². The number of halogens is 2. The van der Waals surface area contributed by atoms with E-state index >= 15 is 4.39 Å². The van der Waals surface area contributed by atoms with Crippen molar-refractivity contribution in [2.24, 2.45) is 5.92 Å². The van der Waals surface area contributed by atoms with Crippen LogP contribution in [0.2, 0.25) is 5.02 Å². The molecule has 4 unspecified atom stereocenters. The summed E-state index contributed by atoms with van der Waals surface area (Å²) in [5, 5.41) is 16.6. The van der Waals surface area contributed by atoms with Crippen LogP contribution in [-0.2, 0) is 4.79 Å². The number of aromatic nitrogens is 2. The van der Waals surface area contributed by atoms with E-state index in [1.54, 1.807) is 36.3 Å². The van der Waals surface area contributed by atoms with E-state index in [2.05, 4.69) is 15.2 Å². The van der Waals surface area contributed by atoms with Crippen molar-refractivity contribution >= 4 is 44.9 Å². The van der Waals surface area contributed by atoms with E-state index in [9.17, 15) is 9.90 Å². The number of amides is 1. The minimum Gasteiger partial charge on any atom is -0.508 e. The van der Waals surface area contributed by atoms with Gasteiger partial charge in [-0.3, -0.25) is 14.7 Å². The van der Waals surface area contributed by atoms with Gasteiger partial charge in [-0.15, -0.1) is 0 Å². The molecule has 45 heavy (non-hydrogen) atoms. The Kier molecular flexibility index (Phi) is 6.16. The SMILES string of the molecule is CN1C(=O)C2C3CCC(CC2c2c1c(OCC14CCCN1CCC4)nc1c(F)c(-c4cc(O)cc5cccc(Cl)c45)ncc21)N3. The Morgan fingerprint density at radius 2 is 2.02 bits per heavy atom. The molecule has 4 atom stereocenters. The second-order valence-corrected chi connectivity index (χ2v) is 14.1. The number of carbonyl (C=O) groups excluding carboxylic acids is 1. The Balaban J connectivity index is 1.27. The van der Waals surface area contributed by atoms with Crippen LogP contribution in [0.15, 0.2) is 36.5 Å². The topological polar surface area (TPSA) is 90.8 Å². The third kappa shape index (κ3) is 3.99.